The summed E-state index contributed by atoms with van der Waals surface area (Å²) >= 11 is 1.29. The predicted molar refractivity (Wildman–Crippen MR) is 171 cm³/mol. The highest BCUT2D eigenvalue weighted by Crippen LogP contribution is 2.31. The number of aryl methyl sites for hydroxylation is 1. The molecule has 0 aliphatic rings. The number of nitrogens with zero attached hydrogens (tertiary/aromatic N) is 5. The Kier molecular flexibility index (Phi) is 12.1. The normalized spacial score (nSPS) is 11.7. The fraction of sp³-hybridized carbons (Fsp3) is 0.353. The summed E-state index contributed by atoms with van der Waals surface area (Å²) in [5, 5.41) is 13.3. The molecule has 0 atom stereocenters. The molecule has 0 bridgehead atoms. The topological polar surface area (TPSA) is 78.1 Å². The Morgan fingerprint density at radius 3 is 2.15 bits per heavy atom. The molecule has 0 fully saturated rings. The minimum absolute atomic E-state index is 0.0412. The maximum Gasteiger partial charge on any atom is 0.416 e. The maximum atomic E-state index is 13.9. The second-order valence-corrected chi connectivity index (χ2v) is 11.7. The van der Waals surface area contributed by atoms with E-state index in [0.29, 0.717) is 48.2 Å². The number of likely N-dealkylation sites (N-methyl/N-ethyl adjacent to an activating group) is 1. The van der Waals surface area contributed by atoms with E-state index in [1.165, 1.54) is 40.7 Å². The highest BCUT2D eigenvalue weighted by molar-refractivity contribution is 7.98. The number of carbonyl (C=O) groups is 1. The Morgan fingerprint density at radius 2 is 1.57 bits per heavy atom. The average molecular weight is 655 g/mol. The van der Waals surface area contributed by atoms with Crippen molar-refractivity contribution in [2.75, 3.05) is 26.2 Å². The van der Waals surface area contributed by atoms with Crippen LogP contribution in [0.4, 0.5) is 17.6 Å². The molecule has 4 aromatic rings. The summed E-state index contributed by atoms with van der Waals surface area (Å²) in [7, 11) is 0. The Bertz CT molecular complexity index is 1650. The minimum atomic E-state index is -4.39. The highest BCUT2D eigenvalue weighted by Gasteiger charge is 2.30. The van der Waals surface area contributed by atoms with E-state index >= 15 is 0 Å². The molecule has 4 rings (SSSR count). The van der Waals surface area contributed by atoms with Gasteiger partial charge in [0.15, 0.2) is 10.6 Å². The van der Waals surface area contributed by atoms with Gasteiger partial charge in [0.05, 0.1) is 5.56 Å². The molecule has 1 N–H and O–H groups in total. The number of halogens is 4. The Labute approximate surface area is 270 Å². The summed E-state index contributed by atoms with van der Waals surface area (Å²) in [5.74, 6) is -0.126. The number of aromatic nitrogens is 3. The number of amides is 1. The number of rotatable bonds is 14. The maximum absolute atomic E-state index is 13.9. The number of thioether (sulfide) groups is 1. The van der Waals surface area contributed by atoms with Crippen molar-refractivity contribution in [3.05, 3.63) is 106 Å². The van der Waals surface area contributed by atoms with Crippen molar-refractivity contribution in [2.45, 2.75) is 57.4 Å². The summed E-state index contributed by atoms with van der Waals surface area (Å²) in [5.41, 5.74) is 2.86. The molecule has 3 aromatic carbocycles. The van der Waals surface area contributed by atoms with Crippen LogP contribution in [-0.4, -0.2) is 56.7 Å². The van der Waals surface area contributed by atoms with Gasteiger partial charge in [0.2, 0.25) is 5.91 Å². The number of alkyl halides is 3. The molecule has 0 aliphatic heterocycles. The quantitative estimate of drug-likeness (QED) is 0.120. The highest BCUT2D eigenvalue weighted by atomic mass is 32.2. The van der Waals surface area contributed by atoms with E-state index in [9.17, 15) is 22.4 Å². The molecule has 1 amide bonds. The summed E-state index contributed by atoms with van der Waals surface area (Å²) in [6.45, 7) is 9.06. The Hall–Kier alpha value is -4.03. The molecule has 1 aromatic heterocycles. The first-order valence-corrected chi connectivity index (χ1v) is 16.2. The first-order valence-electron chi connectivity index (χ1n) is 15.2. The van der Waals surface area contributed by atoms with Crippen LogP contribution in [0.2, 0.25) is 0 Å². The third-order valence-electron chi connectivity index (χ3n) is 7.63. The van der Waals surface area contributed by atoms with Crippen LogP contribution in [-0.2, 0) is 36.2 Å². The van der Waals surface area contributed by atoms with Gasteiger partial charge in [-0.3, -0.25) is 10.2 Å². The fourth-order valence-electron chi connectivity index (χ4n) is 4.87. The lowest BCUT2D eigenvalue weighted by Crippen LogP contribution is -2.40. The Morgan fingerprint density at radius 1 is 0.913 bits per heavy atom. The van der Waals surface area contributed by atoms with Crippen molar-refractivity contribution in [3.8, 4) is 11.1 Å². The van der Waals surface area contributed by atoms with Crippen LogP contribution in [0.5, 0.6) is 0 Å². The van der Waals surface area contributed by atoms with Gasteiger partial charge in [-0.05, 0) is 66.0 Å². The van der Waals surface area contributed by atoms with Crippen molar-refractivity contribution in [1.82, 2.24) is 24.6 Å². The van der Waals surface area contributed by atoms with Gasteiger partial charge in [-0.25, -0.2) is 14.1 Å². The zero-order valence-corrected chi connectivity index (χ0v) is 27.0. The van der Waals surface area contributed by atoms with Gasteiger partial charge >= 0.3 is 6.18 Å². The monoisotopic (exact) mass is 654 g/mol. The van der Waals surface area contributed by atoms with Crippen LogP contribution < -0.4 is 5.49 Å². The number of nitrogens with one attached hydrogen (secondary N) is 1. The van der Waals surface area contributed by atoms with Gasteiger partial charge in [-0.1, -0.05) is 81.1 Å². The smallest absolute Gasteiger partial charge is 0.335 e. The first-order chi connectivity index (χ1) is 22.0. The van der Waals surface area contributed by atoms with Gasteiger partial charge in [-0.2, -0.15) is 18.3 Å². The molecule has 0 spiro atoms. The molecule has 0 unspecified atom stereocenters. The second kappa shape index (κ2) is 16.0. The lowest BCUT2D eigenvalue weighted by molar-refractivity contribution is -0.137. The van der Waals surface area contributed by atoms with Crippen LogP contribution in [0.1, 0.15) is 43.2 Å². The van der Waals surface area contributed by atoms with Crippen LogP contribution >= 0.6 is 11.8 Å². The zero-order valence-electron chi connectivity index (χ0n) is 26.1. The zero-order chi connectivity index (χ0) is 33.3. The van der Waals surface area contributed by atoms with Gasteiger partial charge in [0, 0.05) is 25.4 Å². The lowest BCUT2D eigenvalue weighted by atomic mass is 10.0. The van der Waals surface area contributed by atoms with E-state index in [0.717, 1.165) is 41.9 Å². The number of hydrogen-bond acceptors (Lipinski definition) is 6. The van der Waals surface area contributed by atoms with Crippen molar-refractivity contribution in [2.24, 2.45) is 0 Å². The third-order valence-corrected chi connectivity index (χ3v) is 8.66. The van der Waals surface area contributed by atoms with Gasteiger partial charge in [-0.15, -0.1) is 0 Å². The van der Waals surface area contributed by atoms with E-state index in [2.05, 4.69) is 28.8 Å². The van der Waals surface area contributed by atoms with Gasteiger partial charge in [0.25, 0.3) is 0 Å². The molecule has 1 heterocycles. The molecule has 0 saturated heterocycles. The number of hydrogen-bond donors (Lipinski definition) is 1. The molecule has 0 radical (unpaired) electrons. The third kappa shape index (κ3) is 9.49. The molecular weight excluding hydrogens is 616 g/mol. The van der Waals surface area contributed by atoms with Crippen molar-refractivity contribution in [3.63, 3.8) is 0 Å². The van der Waals surface area contributed by atoms with Crippen LogP contribution in [0.25, 0.3) is 11.1 Å². The molecule has 0 saturated carbocycles. The van der Waals surface area contributed by atoms with E-state index in [4.69, 9.17) is 5.41 Å². The van der Waals surface area contributed by atoms with Crippen molar-refractivity contribution in [1.29, 1.82) is 5.41 Å². The van der Waals surface area contributed by atoms with E-state index < -0.39 is 11.7 Å². The molecular formula is C34H38F4N6OS. The van der Waals surface area contributed by atoms with E-state index in [1.807, 2.05) is 31.2 Å². The lowest BCUT2D eigenvalue weighted by Gasteiger charge is -2.27. The summed E-state index contributed by atoms with van der Waals surface area (Å²) in [6, 6.07) is 18.7. The van der Waals surface area contributed by atoms with Gasteiger partial charge < -0.3 is 9.80 Å². The van der Waals surface area contributed by atoms with Gasteiger partial charge in [0.1, 0.15) is 18.1 Å². The van der Waals surface area contributed by atoms with E-state index in [1.54, 1.807) is 17.0 Å². The van der Waals surface area contributed by atoms with Crippen LogP contribution in [0.15, 0.2) is 78.0 Å². The summed E-state index contributed by atoms with van der Waals surface area (Å²) in [4.78, 5) is 22.3. The first kappa shape index (κ1) is 34.8. The molecule has 244 valence electrons. The largest absolute Gasteiger partial charge is 0.416 e. The SMILES string of the molecule is CCc1nn(CC(=O)N(CCN(CC)CC)Cc2ccc(-c3ccc(C(F)(F)F)cc3)cc2)c(SCc2cccc(F)c2)nc1=N. The average Bonchev–Trinajstić information content (AvgIpc) is 3.04. The number of benzene rings is 3. The molecule has 46 heavy (non-hydrogen) atoms. The predicted octanol–water partition coefficient (Wildman–Crippen LogP) is 6.81. The second-order valence-electron chi connectivity index (χ2n) is 10.7. The molecule has 0 aliphatic carbocycles. The minimum Gasteiger partial charge on any atom is -0.335 e. The fourth-order valence-corrected chi connectivity index (χ4v) is 5.76. The van der Waals surface area contributed by atoms with E-state index in [-0.39, 0.29) is 23.8 Å². The summed E-state index contributed by atoms with van der Waals surface area (Å²) < 4.78 is 54.3. The van der Waals surface area contributed by atoms with Crippen molar-refractivity contribution < 1.29 is 22.4 Å². The Balaban J connectivity index is 1.55. The molecule has 12 heteroatoms. The standard InChI is InChI=1S/C34H38F4N6OS/c1-4-30-32(39)40-33(46-23-25-8-7-9-29(35)20-25)44(41-30)22-31(45)43(19-18-42(5-2)6-3)21-24-10-12-26(13-11-24)27-14-16-28(17-15-27)34(36,37)38/h7-17,20,39H,4-6,18-19,21-23H2,1-3H3. The van der Waals surface area contributed by atoms with Crippen molar-refractivity contribution >= 4 is 17.7 Å². The van der Waals surface area contributed by atoms with Crippen LogP contribution in [0.3, 0.4) is 0 Å². The van der Waals surface area contributed by atoms with Crippen LogP contribution in [0, 0.1) is 11.2 Å². The molecule has 7 nitrogen and oxygen atoms in total. The number of carbonyl (C=O) groups excluding carboxylic acids is 1. The summed E-state index contributed by atoms with van der Waals surface area (Å²) in [6.07, 6.45) is -3.92.